The molecule has 7 heteroatoms. The van der Waals surface area contributed by atoms with Crippen LogP contribution in [0, 0.1) is 6.92 Å². The molecular formula is C23H25N3O2S2. The monoisotopic (exact) mass is 439 g/mol. The lowest BCUT2D eigenvalue weighted by atomic mass is 10.1. The van der Waals surface area contributed by atoms with E-state index in [4.69, 9.17) is 0 Å². The van der Waals surface area contributed by atoms with Gasteiger partial charge in [-0.15, -0.1) is 11.8 Å². The standard InChI is InChI=1S/C23H25N3O2S2/c1-18-9-15-22(16-10-18)30(27,28)25-24-23(19-7-5-4-6-8-19)17-29-21-13-11-20(12-14-21)26(2)3/h4-16,25H,17H2,1-3H3/b24-23+. The van der Waals surface area contributed by atoms with Gasteiger partial charge in [-0.1, -0.05) is 48.0 Å². The van der Waals surface area contributed by atoms with Crippen LogP contribution in [0.3, 0.4) is 0 Å². The molecule has 0 spiro atoms. The Morgan fingerprint density at radius 2 is 1.57 bits per heavy atom. The minimum absolute atomic E-state index is 0.191. The number of thioether (sulfide) groups is 1. The van der Waals surface area contributed by atoms with E-state index in [1.807, 2.05) is 56.3 Å². The maximum atomic E-state index is 12.6. The lowest BCUT2D eigenvalue weighted by molar-refractivity contribution is 0.584. The van der Waals surface area contributed by atoms with Gasteiger partial charge in [0, 0.05) is 30.4 Å². The van der Waals surface area contributed by atoms with Crippen LogP contribution in [-0.4, -0.2) is 34.0 Å². The summed E-state index contributed by atoms with van der Waals surface area (Å²) in [4.78, 5) is 5.72. The number of rotatable bonds is 8. The molecule has 3 rings (SSSR count). The summed E-state index contributed by atoms with van der Waals surface area (Å²) in [5.41, 5.74) is 3.66. The normalized spacial score (nSPS) is 11.9. The highest BCUT2D eigenvalue weighted by molar-refractivity contribution is 8.00. The van der Waals surface area contributed by atoms with Gasteiger partial charge >= 0.3 is 0 Å². The van der Waals surface area contributed by atoms with Crippen molar-refractivity contribution < 1.29 is 8.42 Å². The molecule has 0 aromatic heterocycles. The van der Waals surface area contributed by atoms with Crippen molar-refractivity contribution in [3.63, 3.8) is 0 Å². The van der Waals surface area contributed by atoms with Crippen LogP contribution in [0.25, 0.3) is 0 Å². The lowest BCUT2D eigenvalue weighted by Crippen LogP contribution is -2.21. The number of hydrogen-bond acceptors (Lipinski definition) is 5. The summed E-state index contributed by atoms with van der Waals surface area (Å²) < 4.78 is 25.3. The first-order chi connectivity index (χ1) is 14.3. The van der Waals surface area contributed by atoms with E-state index < -0.39 is 10.0 Å². The van der Waals surface area contributed by atoms with Crippen LogP contribution in [-0.2, 0) is 10.0 Å². The van der Waals surface area contributed by atoms with Crippen molar-refractivity contribution in [1.82, 2.24) is 4.83 Å². The fourth-order valence-corrected chi connectivity index (χ4v) is 4.38. The van der Waals surface area contributed by atoms with Crippen LogP contribution in [0.15, 0.2) is 93.8 Å². The van der Waals surface area contributed by atoms with Gasteiger partial charge < -0.3 is 4.90 Å². The Bertz CT molecular complexity index is 1090. The Kier molecular flexibility index (Phi) is 7.18. The van der Waals surface area contributed by atoms with Crippen molar-refractivity contribution in [2.75, 3.05) is 24.7 Å². The zero-order valence-electron chi connectivity index (χ0n) is 17.2. The first-order valence-electron chi connectivity index (χ1n) is 9.46. The molecule has 0 heterocycles. The molecule has 3 aromatic carbocycles. The van der Waals surface area contributed by atoms with Crippen LogP contribution in [0.4, 0.5) is 5.69 Å². The molecule has 0 amide bonds. The molecule has 0 atom stereocenters. The predicted octanol–water partition coefficient (Wildman–Crippen LogP) is 4.54. The molecule has 30 heavy (non-hydrogen) atoms. The number of nitrogens with one attached hydrogen (secondary N) is 1. The van der Waals surface area contributed by atoms with E-state index in [0.717, 1.165) is 21.7 Å². The second-order valence-corrected chi connectivity index (χ2v) is 9.72. The Morgan fingerprint density at radius 3 is 2.17 bits per heavy atom. The van der Waals surface area contributed by atoms with E-state index in [1.165, 1.54) is 0 Å². The first kappa shape index (κ1) is 21.9. The third kappa shape index (κ3) is 5.87. The van der Waals surface area contributed by atoms with Crippen LogP contribution in [0.2, 0.25) is 0 Å². The van der Waals surface area contributed by atoms with Crippen LogP contribution in [0.1, 0.15) is 11.1 Å². The number of hydrazone groups is 1. The third-order valence-corrected chi connectivity index (χ3v) is 6.72. The number of nitrogens with zero attached hydrogens (tertiary/aromatic N) is 2. The molecule has 0 aliphatic heterocycles. The van der Waals surface area contributed by atoms with Crippen molar-refractivity contribution in [3.8, 4) is 0 Å². The molecule has 0 radical (unpaired) electrons. The van der Waals surface area contributed by atoms with Crippen molar-refractivity contribution >= 4 is 33.2 Å². The average Bonchev–Trinajstić information content (AvgIpc) is 2.75. The van der Waals surface area contributed by atoms with Crippen molar-refractivity contribution in [1.29, 1.82) is 0 Å². The molecule has 5 nitrogen and oxygen atoms in total. The predicted molar refractivity (Wildman–Crippen MR) is 126 cm³/mol. The Morgan fingerprint density at radius 1 is 0.933 bits per heavy atom. The number of aryl methyl sites for hydroxylation is 1. The summed E-state index contributed by atoms with van der Waals surface area (Å²) in [5, 5.41) is 4.27. The largest absolute Gasteiger partial charge is 0.378 e. The SMILES string of the molecule is Cc1ccc(S(=O)(=O)N/N=C(\CSc2ccc(N(C)C)cc2)c2ccccc2)cc1. The number of sulfonamides is 1. The molecule has 0 aliphatic rings. The first-order valence-corrected chi connectivity index (χ1v) is 11.9. The van der Waals surface area contributed by atoms with Gasteiger partial charge in [0.1, 0.15) is 0 Å². The van der Waals surface area contributed by atoms with Crippen LogP contribution < -0.4 is 9.73 Å². The number of anilines is 1. The molecule has 156 valence electrons. The van der Waals surface area contributed by atoms with Gasteiger partial charge in [-0.2, -0.15) is 18.4 Å². The van der Waals surface area contributed by atoms with Gasteiger partial charge in [-0.05, 0) is 48.9 Å². The average molecular weight is 440 g/mol. The van der Waals surface area contributed by atoms with Gasteiger partial charge in [-0.25, -0.2) is 0 Å². The van der Waals surface area contributed by atoms with E-state index in [1.54, 1.807) is 36.0 Å². The Balaban J connectivity index is 1.79. The maximum Gasteiger partial charge on any atom is 0.276 e. The van der Waals surface area contributed by atoms with Crippen molar-refractivity contribution in [3.05, 3.63) is 90.0 Å². The highest BCUT2D eigenvalue weighted by atomic mass is 32.2. The fraction of sp³-hybridized carbons (Fsp3) is 0.174. The summed E-state index contributed by atoms with van der Waals surface area (Å²) in [6.45, 7) is 1.91. The van der Waals surface area contributed by atoms with Crippen LogP contribution in [0.5, 0.6) is 0 Å². The molecule has 0 saturated heterocycles. The highest BCUT2D eigenvalue weighted by Gasteiger charge is 2.14. The molecule has 1 N–H and O–H groups in total. The molecule has 0 unspecified atom stereocenters. The number of benzene rings is 3. The van der Waals surface area contributed by atoms with Gasteiger partial charge in [0.2, 0.25) is 0 Å². The summed E-state index contributed by atoms with van der Waals surface area (Å²) >= 11 is 1.61. The van der Waals surface area contributed by atoms with Crippen LogP contribution >= 0.6 is 11.8 Å². The summed E-state index contributed by atoms with van der Waals surface area (Å²) in [7, 11) is 0.274. The second-order valence-electron chi connectivity index (χ2n) is 7.01. The summed E-state index contributed by atoms with van der Waals surface area (Å²) in [6.07, 6.45) is 0. The molecule has 0 aliphatic carbocycles. The van der Waals surface area contributed by atoms with E-state index in [0.29, 0.717) is 11.5 Å². The van der Waals surface area contributed by atoms with Gasteiger partial charge in [0.15, 0.2) is 0 Å². The van der Waals surface area contributed by atoms with E-state index >= 15 is 0 Å². The van der Waals surface area contributed by atoms with E-state index in [9.17, 15) is 8.42 Å². The quantitative estimate of drug-likeness (QED) is 0.318. The minimum Gasteiger partial charge on any atom is -0.378 e. The minimum atomic E-state index is -3.73. The summed E-state index contributed by atoms with van der Waals surface area (Å²) in [6, 6.07) is 24.5. The maximum absolute atomic E-state index is 12.6. The van der Waals surface area contributed by atoms with E-state index in [2.05, 4.69) is 34.2 Å². The molecule has 3 aromatic rings. The van der Waals surface area contributed by atoms with E-state index in [-0.39, 0.29) is 4.90 Å². The summed E-state index contributed by atoms with van der Waals surface area (Å²) in [5.74, 6) is 0.530. The number of hydrogen-bond donors (Lipinski definition) is 1. The molecule has 0 fully saturated rings. The highest BCUT2D eigenvalue weighted by Crippen LogP contribution is 2.23. The van der Waals surface area contributed by atoms with Gasteiger partial charge in [0.05, 0.1) is 10.6 Å². The van der Waals surface area contributed by atoms with Gasteiger partial charge in [0.25, 0.3) is 10.0 Å². The van der Waals surface area contributed by atoms with Gasteiger partial charge in [-0.3, -0.25) is 0 Å². The Hall–Kier alpha value is -2.77. The smallest absolute Gasteiger partial charge is 0.276 e. The molecular weight excluding hydrogens is 414 g/mol. The van der Waals surface area contributed by atoms with Crippen molar-refractivity contribution in [2.24, 2.45) is 5.10 Å². The topological polar surface area (TPSA) is 61.8 Å². The second kappa shape index (κ2) is 9.82. The molecule has 0 saturated carbocycles. The zero-order valence-corrected chi connectivity index (χ0v) is 18.9. The third-order valence-electron chi connectivity index (χ3n) is 4.47. The lowest BCUT2D eigenvalue weighted by Gasteiger charge is -2.13. The fourth-order valence-electron chi connectivity index (χ4n) is 2.69. The zero-order chi connectivity index (χ0) is 21.6. The molecule has 0 bridgehead atoms. The Labute approximate surface area is 182 Å². The van der Waals surface area contributed by atoms with Crippen molar-refractivity contribution in [2.45, 2.75) is 16.7 Å².